The average molecular weight is 450 g/mol. The fourth-order valence-electron chi connectivity index (χ4n) is 2.23. The smallest absolute Gasteiger partial charge is 0.205 e. The lowest BCUT2D eigenvalue weighted by atomic mass is 10.1. The summed E-state index contributed by atoms with van der Waals surface area (Å²) in [5, 5.41) is 3.86. The Balaban J connectivity index is 2.20. The van der Waals surface area contributed by atoms with E-state index in [2.05, 4.69) is 39.4 Å². The molecular weight excluding hydrogens is 423 g/mol. The quantitative estimate of drug-likeness (QED) is 0.218. The van der Waals surface area contributed by atoms with Gasteiger partial charge in [0.25, 0.3) is 0 Å². The molecule has 0 aliphatic carbocycles. The molecule has 1 aromatic rings. The molecule has 0 atom stereocenters. The fraction of sp³-hybridized carbons (Fsp3) is 0.588. The monoisotopic (exact) mass is 450 g/mol. The third kappa shape index (κ3) is 9.96. The van der Waals surface area contributed by atoms with Crippen molar-refractivity contribution in [3.05, 3.63) is 33.4 Å². The first kappa shape index (κ1) is 20.4. The minimum Gasteiger partial charge on any atom is -0.205 e. The second-order valence-electron chi connectivity index (χ2n) is 5.66. The molecule has 0 heterocycles. The topological polar surface area (TPSA) is 58.5 Å². The van der Waals surface area contributed by atoms with Crippen molar-refractivity contribution in [3.8, 4) is 0 Å². The molecule has 130 valence electrons. The molecule has 0 aliphatic heterocycles. The van der Waals surface area contributed by atoms with Crippen molar-refractivity contribution in [1.29, 1.82) is 0 Å². The predicted molar refractivity (Wildman–Crippen MR) is 106 cm³/mol. The highest BCUT2D eigenvalue weighted by molar-refractivity contribution is 14.1. The van der Waals surface area contributed by atoms with Crippen LogP contribution in [0.15, 0.2) is 29.4 Å². The van der Waals surface area contributed by atoms with Crippen LogP contribution in [-0.2, 0) is 10.0 Å². The Morgan fingerprint density at radius 2 is 1.65 bits per heavy atom. The first-order valence-electron chi connectivity index (χ1n) is 8.32. The number of rotatable bonds is 12. The number of nitrogens with zero attached hydrogens (tertiary/aromatic N) is 1. The van der Waals surface area contributed by atoms with E-state index in [1.165, 1.54) is 32.1 Å². The summed E-state index contributed by atoms with van der Waals surface area (Å²) in [7, 11) is -3.32. The molecule has 1 aromatic carbocycles. The van der Waals surface area contributed by atoms with Crippen LogP contribution in [0.2, 0.25) is 0 Å². The van der Waals surface area contributed by atoms with Gasteiger partial charge in [0.15, 0.2) is 0 Å². The van der Waals surface area contributed by atoms with Gasteiger partial charge in [0.05, 0.1) is 12.0 Å². The van der Waals surface area contributed by atoms with Crippen molar-refractivity contribution < 1.29 is 8.42 Å². The van der Waals surface area contributed by atoms with Gasteiger partial charge in [-0.3, -0.25) is 0 Å². The van der Waals surface area contributed by atoms with Crippen LogP contribution in [0.5, 0.6) is 0 Å². The van der Waals surface area contributed by atoms with E-state index < -0.39 is 10.0 Å². The maximum atomic E-state index is 11.9. The molecule has 0 saturated carbocycles. The minimum atomic E-state index is -3.32. The fourth-order valence-corrected chi connectivity index (χ4v) is 3.64. The van der Waals surface area contributed by atoms with Crippen LogP contribution in [0.3, 0.4) is 0 Å². The van der Waals surface area contributed by atoms with Crippen molar-refractivity contribution in [2.45, 2.75) is 58.3 Å². The van der Waals surface area contributed by atoms with Crippen LogP contribution in [0.25, 0.3) is 0 Å². The standard InChI is InChI=1S/C17H27IN2O2S/c1-2-3-4-5-6-7-8-11-14-23(21,22)20-19-15-16-12-9-10-13-17(16)18/h9-10,12-13,15,20H,2-8,11,14H2,1H3/b19-15-. The number of halogens is 1. The van der Waals surface area contributed by atoms with E-state index in [-0.39, 0.29) is 5.75 Å². The Morgan fingerprint density at radius 1 is 1.04 bits per heavy atom. The van der Waals surface area contributed by atoms with Crippen LogP contribution < -0.4 is 4.83 Å². The van der Waals surface area contributed by atoms with E-state index in [0.717, 1.165) is 22.0 Å². The van der Waals surface area contributed by atoms with Gasteiger partial charge in [-0.25, -0.2) is 13.2 Å². The molecule has 0 aromatic heterocycles. The lowest BCUT2D eigenvalue weighted by molar-refractivity contribution is 0.566. The van der Waals surface area contributed by atoms with E-state index in [9.17, 15) is 8.42 Å². The molecule has 0 unspecified atom stereocenters. The lowest BCUT2D eigenvalue weighted by Crippen LogP contribution is -2.21. The van der Waals surface area contributed by atoms with Crippen LogP contribution in [0.4, 0.5) is 0 Å². The molecule has 0 radical (unpaired) electrons. The maximum absolute atomic E-state index is 11.9. The van der Waals surface area contributed by atoms with Gasteiger partial charge >= 0.3 is 0 Å². The molecule has 4 nitrogen and oxygen atoms in total. The Morgan fingerprint density at radius 3 is 2.30 bits per heavy atom. The third-order valence-electron chi connectivity index (χ3n) is 3.57. The molecule has 23 heavy (non-hydrogen) atoms. The van der Waals surface area contributed by atoms with Crippen LogP contribution in [0, 0.1) is 3.57 Å². The zero-order valence-electron chi connectivity index (χ0n) is 13.8. The largest absolute Gasteiger partial charge is 0.247 e. The summed E-state index contributed by atoms with van der Waals surface area (Å²) in [6, 6.07) is 7.69. The maximum Gasteiger partial charge on any atom is 0.247 e. The number of unbranched alkanes of at least 4 members (excludes halogenated alkanes) is 7. The number of hydrogen-bond acceptors (Lipinski definition) is 3. The molecule has 0 aliphatic rings. The number of nitrogens with one attached hydrogen (secondary N) is 1. The highest BCUT2D eigenvalue weighted by Crippen LogP contribution is 2.10. The number of hydrogen-bond donors (Lipinski definition) is 1. The molecular formula is C17H27IN2O2S. The van der Waals surface area contributed by atoms with Crippen LogP contribution in [0.1, 0.15) is 63.9 Å². The van der Waals surface area contributed by atoms with Gasteiger partial charge in [0.2, 0.25) is 10.0 Å². The summed E-state index contributed by atoms with van der Waals surface area (Å²) in [5.74, 6) is 0.144. The number of sulfonamides is 1. The molecule has 0 amide bonds. The normalized spacial score (nSPS) is 11.9. The first-order valence-corrected chi connectivity index (χ1v) is 11.1. The highest BCUT2D eigenvalue weighted by Gasteiger charge is 2.07. The molecule has 0 spiro atoms. The van der Waals surface area contributed by atoms with Crippen molar-refractivity contribution in [3.63, 3.8) is 0 Å². The van der Waals surface area contributed by atoms with Gasteiger partial charge in [0.1, 0.15) is 0 Å². The lowest BCUT2D eigenvalue weighted by Gasteiger charge is -2.04. The van der Waals surface area contributed by atoms with E-state index in [4.69, 9.17) is 0 Å². The Kier molecular flexibility index (Phi) is 10.5. The highest BCUT2D eigenvalue weighted by atomic mass is 127. The first-order chi connectivity index (χ1) is 11.0. The summed E-state index contributed by atoms with van der Waals surface area (Å²) in [4.78, 5) is 2.29. The summed E-state index contributed by atoms with van der Waals surface area (Å²) >= 11 is 2.20. The van der Waals surface area contributed by atoms with Gasteiger partial charge in [-0.05, 0) is 35.1 Å². The third-order valence-corrected chi connectivity index (χ3v) is 5.76. The Bertz CT molecular complexity index is 574. The molecule has 0 fully saturated rings. The molecule has 0 bridgehead atoms. The van der Waals surface area contributed by atoms with E-state index in [1.807, 2.05) is 24.3 Å². The molecule has 0 saturated heterocycles. The Hall–Kier alpha value is -0.630. The summed E-state index contributed by atoms with van der Waals surface area (Å²) in [5.41, 5.74) is 0.905. The van der Waals surface area contributed by atoms with Crippen molar-refractivity contribution in [1.82, 2.24) is 4.83 Å². The SMILES string of the molecule is CCCCCCCCCCS(=O)(=O)N/N=C\c1ccccc1I. The van der Waals surface area contributed by atoms with E-state index >= 15 is 0 Å². The average Bonchev–Trinajstić information content (AvgIpc) is 2.52. The minimum absolute atomic E-state index is 0.144. The molecule has 6 heteroatoms. The second kappa shape index (κ2) is 11.8. The van der Waals surface area contributed by atoms with Gasteiger partial charge in [-0.15, -0.1) is 0 Å². The van der Waals surface area contributed by atoms with Gasteiger partial charge in [-0.1, -0.05) is 70.1 Å². The van der Waals surface area contributed by atoms with Gasteiger partial charge < -0.3 is 0 Å². The summed E-state index contributed by atoms with van der Waals surface area (Å²) in [6.07, 6.45) is 10.6. The molecule has 1 N–H and O–H groups in total. The predicted octanol–water partition coefficient (Wildman–Crippen LogP) is 4.69. The van der Waals surface area contributed by atoms with Gasteiger partial charge in [0, 0.05) is 9.13 Å². The van der Waals surface area contributed by atoms with Crippen molar-refractivity contribution in [2.24, 2.45) is 5.10 Å². The second-order valence-corrected chi connectivity index (χ2v) is 8.65. The zero-order chi connectivity index (χ0) is 17.0. The van der Waals surface area contributed by atoms with Crippen LogP contribution >= 0.6 is 22.6 Å². The summed E-state index contributed by atoms with van der Waals surface area (Å²) < 4.78 is 24.7. The molecule has 1 rings (SSSR count). The van der Waals surface area contributed by atoms with E-state index in [0.29, 0.717) is 6.42 Å². The van der Waals surface area contributed by atoms with Crippen molar-refractivity contribution in [2.75, 3.05) is 5.75 Å². The zero-order valence-corrected chi connectivity index (χ0v) is 16.8. The van der Waals surface area contributed by atoms with E-state index in [1.54, 1.807) is 6.21 Å². The summed E-state index contributed by atoms with van der Waals surface area (Å²) in [6.45, 7) is 2.21. The van der Waals surface area contributed by atoms with Crippen LogP contribution in [-0.4, -0.2) is 20.4 Å². The van der Waals surface area contributed by atoms with Crippen molar-refractivity contribution >= 4 is 38.8 Å². The Labute approximate surface area is 154 Å². The number of hydrazone groups is 1. The number of benzene rings is 1. The van der Waals surface area contributed by atoms with Gasteiger partial charge in [-0.2, -0.15) is 5.10 Å².